The van der Waals surface area contributed by atoms with Crippen molar-refractivity contribution in [3.05, 3.63) is 0 Å². The van der Waals surface area contributed by atoms with Crippen molar-refractivity contribution in [1.29, 1.82) is 0 Å². The van der Waals surface area contributed by atoms with Crippen LogP contribution < -0.4 is 5.73 Å². The van der Waals surface area contributed by atoms with E-state index in [1.807, 2.05) is 13.8 Å². The molecule has 0 amide bonds. The molecule has 0 saturated carbocycles. The normalized spacial score (nSPS) is 17.8. The van der Waals surface area contributed by atoms with E-state index in [1.54, 1.807) is 0 Å². The molecule has 1 saturated heterocycles. The van der Waals surface area contributed by atoms with Gasteiger partial charge in [-0.15, -0.1) is 0 Å². The molecule has 0 aromatic carbocycles. The Hall–Kier alpha value is -0.160. The van der Waals surface area contributed by atoms with Gasteiger partial charge in [0.2, 0.25) is 0 Å². The van der Waals surface area contributed by atoms with Gasteiger partial charge in [0.15, 0.2) is 0 Å². The summed E-state index contributed by atoms with van der Waals surface area (Å²) in [4.78, 5) is 2.39. The van der Waals surface area contributed by atoms with E-state index in [9.17, 15) is 0 Å². The van der Waals surface area contributed by atoms with Gasteiger partial charge in [0.1, 0.15) is 0 Å². The van der Waals surface area contributed by atoms with Crippen LogP contribution in [0.1, 0.15) is 33.6 Å². The molecule has 0 unspecified atom stereocenters. The number of morpholine rings is 1. The van der Waals surface area contributed by atoms with Gasteiger partial charge in [0.25, 0.3) is 0 Å². The van der Waals surface area contributed by atoms with Crippen LogP contribution in [-0.2, 0) is 4.74 Å². The molecule has 0 aromatic heterocycles. The maximum atomic E-state index is 8.66. The van der Waals surface area contributed by atoms with Crippen molar-refractivity contribution in [3.63, 3.8) is 0 Å². The van der Waals surface area contributed by atoms with Crippen LogP contribution >= 0.6 is 0 Å². The van der Waals surface area contributed by atoms with Crippen molar-refractivity contribution in [1.82, 2.24) is 4.90 Å². The van der Waals surface area contributed by atoms with Crippen LogP contribution in [0.3, 0.4) is 0 Å². The Kier molecular flexibility index (Phi) is 8.84. The number of hydrogen-bond donors (Lipinski definition) is 2. The summed E-state index contributed by atoms with van der Waals surface area (Å²) >= 11 is 0. The van der Waals surface area contributed by atoms with Crippen molar-refractivity contribution in [3.8, 4) is 0 Å². The molecule has 1 aliphatic heterocycles. The SMILES string of the molecule is CCC(N)(CC)CO.CCN1CCOCC1. The molecule has 3 N–H and O–H groups in total. The molecule has 0 bridgehead atoms. The largest absolute Gasteiger partial charge is 0.394 e. The Morgan fingerprint density at radius 2 is 1.69 bits per heavy atom. The molecule has 98 valence electrons. The van der Waals surface area contributed by atoms with E-state index in [4.69, 9.17) is 15.6 Å². The summed E-state index contributed by atoms with van der Waals surface area (Å²) < 4.78 is 5.16. The van der Waals surface area contributed by atoms with E-state index < -0.39 is 0 Å². The van der Waals surface area contributed by atoms with E-state index in [-0.39, 0.29) is 12.1 Å². The molecule has 4 heteroatoms. The summed E-state index contributed by atoms with van der Waals surface area (Å²) in [5, 5.41) is 8.66. The van der Waals surface area contributed by atoms with Crippen LogP contribution in [0.15, 0.2) is 0 Å². The van der Waals surface area contributed by atoms with Crippen LogP contribution in [0.5, 0.6) is 0 Å². The van der Waals surface area contributed by atoms with Crippen molar-refractivity contribution in [2.45, 2.75) is 39.2 Å². The lowest BCUT2D eigenvalue weighted by Crippen LogP contribution is -2.42. The lowest BCUT2D eigenvalue weighted by molar-refractivity contribution is 0.0405. The molecule has 1 fully saturated rings. The van der Waals surface area contributed by atoms with E-state index in [0.717, 1.165) is 39.1 Å². The molecule has 0 spiro atoms. The first-order chi connectivity index (χ1) is 7.61. The van der Waals surface area contributed by atoms with E-state index in [2.05, 4.69) is 11.8 Å². The monoisotopic (exact) mass is 232 g/mol. The van der Waals surface area contributed by atoms with Crippen LogP contribution in [0.25, 0.3) is 0 Å². The van der Waals surface area contributed by atoms with Gasteiger partial charge in [-0.1, -0.05) is 20.8 Å². The van der Waals surface area contributed by atoms with Crippen molar-refractivity contribution in [2.24, 2.45) is 5.73 Å². The summed E-state index contributed by atoms with van der Waals surface area (Å²) in [6.07, 6.45) is 1.69. The predicted octanol–water partition coefficient (Wildman–Crippen LogP) is 0.835. The zero-order chi connectivity index (χ0) is 12.4. The number of hydrogen-bond acceptors (Lipinski definition) is 4. The van der Waals surface area contributed by atoms with E-state index >= 15 is 0 Å². The molecule has 1 aliphatic rings. The fourth-order valence-electron chi connectivity index (χ4n) is 1.39. The van der Waals surface area contributed by atoms with E-state index in [0.29, 0.717) is 0 Å². The summed E-state index contributed by atoms with van der Waals surface area (Å²) in [7, 11) is 0. The minimum absolute atomic E-state index is 0.0972. The highest BCUT2D eigenvalue weighted by Gasteiger charge is 2.17. The number of aliphatic hydroxyl groups excluding tert-OH is 1. The Balaban J connectivity index is 0.000000281. The lowest BCUT2D eigenvalue weighted by atomic mass is 9.96. The smallest absolute Gasteiger partial charge is 0.0610 e. The maximum absolute atomic E-state index is 8.66. The zero-order valence-electron chi connectivity index (χ0n) is 11.0. The second-order valence-electron chi connectivity index (χ2n) is 4.27. The van der Waals surface area contributed by atoms with Crippen LogP contribution in [0.2, 0.25) is 0 Å². The van der Waals surface area contributed by atoms with E-state index in [1.165, 1.54) is 6.54 Å². The molecular weight excluding hydrogens is 204 g/mol. The number of ether oxygens (including phenoxy) is 1. The van der Waals surface area contributed by atoms with Gasteiger partial charge < -0.3 is 15.6 Å². The summed E-state index contributed by atoms with van der Waals surface area (Å²) in [5.41, 5.74) is 5.33. The third kappa shape index (κ3) is 6.43. The second-order valence-corrected chi connectivity index (χ2v) is 4.27. The van der Waals surface area contributed by atoms with Gasteiger partial charge in [-0.25, -0.2) is 0 Å². The highest BCUT2D eigenvalue weighted by Crippen LogP contribution is 2.08. The summed E-state index contributed by atoms with van der Waals surface area (Å²) in [6.45, 7) is 11.5. The van der Waals surface area contributed by atoms with Gasteiger partial charge in [-0.2, -0.15) is 0 Å². The van der Waals surface area contributed by atoms with Crippen LogP contribution in [0, 0.1) is 0 Å². The summed E-state index contributed by atoms with van der Waals surface area (Å²) in [5.74, 6) is 0. The third-order valence-corrected chi connectivity index (χ3v) is 3.27. The average Bonchev–Trinajstić information content (AvgIpc) is 2.39. The number of nitrogens with zero attached hydrogens (tertiary/aromatic N) is 1. The number of rotatable bonds is 4. The third-order valence-electron chi connectivity index (χ3n) is 3.27. The molecule has 0 aromatic rings. The molecular formula is C12H28N2O2. The number of aliphatic hydroxyl groups is 1. The Labute approximate surface area is 99.8 Å². The Bertz CT molecular complexity index is 147. The van der Waals surface area contributed by atoms with Crippen molar-refractivity contribution < 1.29 is 9.84 Å². The van der Waals surface area contributed by atoms with Gasteiger partial charge >= 0.3 is 0 Å². The quantitative estimate of drug-likeness (QED) is 0.754. The zero-order valence-corrected chi connectivity index (χ0v) is 11.0. The fraction of sp³-hybridized carbons (Fsp3) is 1.00. The minimum Gasteiger partial charge on any atom is -0.394 e. The number of likely N-dealkylation sites (N-methyl/N-ethyl adjacent to an activating group) is 1. The molecule has 4 nitrogen and oxygen atoms in total. The van der Waals surface area contributed by atoms with Gasteiger partial charge in [0.05, 0.1) is 19.8 Å². The van der Waals surface area contributed by atoms with Crippen LogP contribution in [0.4, 0.5) is 0 Å². The van der Waals surface area contributed by atoms with Crippen molar-refractivity contribution in [2.75, 3.05) is 39.5 Å². The first-order valence-corrected chi connectivity index (χ1v) is 6.31. The first-order valence-electron chi connectivity index (χ1n) is 6.31. The highest BCUT2D eigenvalue weighted by atomic mass is 16.5. The number of nitrogens with two attached hydrogens (primary N) is 1. The highest BCUT2D eigenvalue weighted by molar-refractivity contribution is 4.78. The predicted molar refractivity (Wildman–Crippen MR) is 67.5 cm³/mol. The van der Waals surface area contributed by atoms with Gasteiger partial charge in [0, 0.05) is 18.6 Å². The Morgan fingerprint density at radius 1 is 1.19 bits per heavy atom. The maximum Gasteiger partial charge on any atom is 0.0610 e. The standard InChI is InChI=1S/C6H13NO.C6H15NO/c1-2-7-3-5-8-6-4-7;1-3-6(7,4-2)5-8/h2-6H2,1H3;8H,3-5,7H2,1-2H3. The molecule has 0 radical (unpaired) electrons. The molecule has 0 aliphatic carbocycles. The summed E-state index contributed by atoms with van der Waals surface area (Å²) in [6, 6.07) is 0. The fourth-order valence-corrected chi connectivity index (χ4v) is 1.39. The Morgan fingerprint density at radius 3 is 1.88 bits per heavy atom. The first kappa shape index (κ1) is 15.8. The molecule has 0 atom stereocenters. The molecule has 16 heavy (non-hydrogen) atoms. The second kappa shape index (κ2) is 8.93. The molecule has 1 rings (SSSR count). The van der Waals surface area contributed by atoms with Crippen LogP contribution in [-0.4, -0.2) is 55.0 Å². The van der Waals surface area contributed by atoms with Gasteiger partial charge in [-0.05, 0) is 19.4 Å². The topological polar surface area (TPSA) is 58.7 Å². The molecule has 1 heterocycles. The van der Waals surface area contributed by atoms with Gasteiger partial charge in [-0.3, -0.25) is 4.90 Å². The lowest BCUT2D eigenvalue weighted by Gasteiger charge is -2.24. The van der Waals surface area contributed by atoms with Crippen molar-refractivity contribution >= 4 is 0 Å². The average molecular weight is 232 g/mol. The minimum atomic E-state index is -0.319.